The van der Waals surface area contributed by atoms with Crippen molar-refractivity contribution in [3.63, 3.8) is 0 Å². The van der Waals surface area contributed by atoms with Crippen molar-refractivity contribution < 1.29 is 0 Å². The van der Waals surface area contributed by atoms with Gasteiger partial charge in [0.15, 0.2) is 0 Å². The third kappa shape index (κ3) is 3.96. The molecule has 2 heteroatoms. The molecule has 0 aromatic rings. The van der Waals surface area contributed by atoms with E-state index < -0.39 is 0 Å². The zero-order chi connectivity index (χ0) is 12.8. The van der Waals surface area contributed by atoms with Crippen LogP contribution in [-0.4, -0.2) is 36.6 Å². The fourth-order valence-electron chi connectivity index (χ4n) is 4.06. The normalized spacial score (nSPS) is 28.0. The molecule has 2 unspecified atom stereocenters. The molecule has 1 saturated heterocycles. The maximum Gasteiger partial charge on any atom is 0.0124 e. The first-order chi connectivity index (χ1) is 8.81. The Labute approximate surface area is 114 Å². The fourth-order valence-corrected chi connectivity index (χ4v) is 4.06. The van der Waals surface area contributed by atoms with Crippen LogP contribution in [0.2, 0.25) is 0 Å². The molecule has 106 valence electrons. The number of likely N-dealkylation sites (tertiary alicyclic amines) is 1. The van der Waals surface area contributed by atoms with E-state index in [1.54, 1.807) is 0 Å². The molecule has 1 aliphatic carbocycles. The molecule has 2 fully saturated rings. The standard InChI is InChI=1S/C16H32N2/c1-3-17-14(2)8-6-12-18-13-7-11-16(18)15-9-4-5-10-15/h14-17H,3-13H2,1-2H3. The van der Waals surface area contributed by atoms with Crippen molar-refractivity contribution in [2.45, 2.75) is 77.3 Å². The minimum absolute atomic E-state index is 0.697. The smallest absolute Gasteiger partial charge is 0.0124 e. The molecule has 0 radical (unpaired) electrons. The van der Waals surface area contributed by atoms with Crippen molar-refractivity contribution in [3.8, 4) is 0 Å². The summed E-state index contributed by atoms with van der Waals surface area (Å²) in [4.78, 5) is 2.81. The van der Waals surface area contributed by atoms with Crippen LogP contribution in [-0.2, 0) is 0 Å². The lowest BCUT2D eigenvalue weighted by atomic mass is 9.96. The topological polar surface area (TPSA) is 15.3 Å². The van der Waals surface area contributed by atoms with Gasteiger partial charge in [-0.3, -0.25) is 0 Å². The van der Waals surface area contributed by atoms with Crippen LogP contribution in [0.1, 0.15) is 65.2 Å². The predicted octanol–water partition coefficient (Wildman–Crippen LogP) is 3.42. The van der Waals surface area contributed by atoms with E-state index in [2.05, 4.69) is 24.1 Å². The van der Waals surface area contributed by atoms with E-state index in [0.717, 1.165) is 18.5 Å². The van der Waals surface area contributed by atoms with Crippen LogP contribution < -0.4 is 5.32 Å². The average molecular weight is 252 g/mol. The fraction of sp³-hybridized carbons (Fsp3) is 1.00. The van der Waals surface area contributed by atoms with Gasteiger partial charge in [-0.05, 0) is 71.0 Å². The minimum Gasteiger partial charge on any atom is -0.315 e. The first kappa shape index (κ1) is 14.3. The van der Waals surface area contributed by atoms with Gasteiger partial charge in [0.25, 0.3) is 0 Å². The molecule has 0 aromatic carbocycles. The molecular formula is C16H32N2. The molecule has 2 aliphatic rings. The Balaban J connectivity index is 1.67. The molecule has 1 heterocycles. The first-order valence-corrected chi connectivity index (χ1v) is 8.28. The highest BCUT2D eigenvalue weighted by Crippen LogP contribution is 2.35. The lowest BCUT2D eigenvalue weighted by Gasteiger charge is -2.29. The summed E-state index contributed by atoms with van der Waals surface area (Å²) >= 11 is 0. The molecule has 2 nitrogen and oxygen atoms in total. The molecule has 18 heavy (non-hydrogen) atoms. The zero-order valence-corrected chi connectivity index (χ0v) is 12.5. The Hall–Kier alpha value is -0.0800. The molecule has 1 saturated carbocycles. The number of rotatable bonds is 7. The SMILES string of the molecule is CCNC(C)CCCN1CCCC1C1CCCC1. The highest BCUT2D eigenvalue weighted by atomic mass is 15.2. The van der Waals surface area contributed by atoms with Crippen LogP contribution in [0.3, 0.4) is 0 Å². The number of nitrogens with one attached hydrogen (secondary N) is 1. The lowest BCUT2D eigenvalue weighted by molar-refractivity contribution is 0.186. The van der Waals surface area contributed by atoms with Gasteiger partial charge in [-0.2, -0.15) is 0 Å². The van der Waals surface area contributed by atoms with Crippen molar-refractivity contribution in [2.75, 3.05) is 19.6 Å². The zero-order valence-electron chi connectivity index (χ0n) is 12.5. The van der Waals surface area contributed by atoms with E-state index in [0.29, 0.717) is 6.04 Å². The van der Waals surface area contributed by atoms with Crippen LogP contribution in [0.5, 0.6) is 0 Å². The second-order valence-corrected chi connectivity index (χ2v) is 6.39. The van der Waals surface area contributed by atoms with Gasteiger partial charge in [-0.25, -0.2) is 0 Å². The van der Waals surface area contributed by atoms with Crippen LogP contribution in [0.4, 0.5) is 0 Å². The summed E-state index contributed by atoms with van der Waals surface area (Å²) in [6.45, 7) is 8.35. The van der Waals surface area contributed by atoms with Crippen molar-refractivity contribution in [1.82, 2.24) is 10.2 Å². The molecular weight excluding hydrogens is 220 g/mol. The van der Waals surface area contributed by atoms with Gasteiger partial charge in [0.1, 0.15) is 0 Å². The Morgan fingerprint density at radius 1 is 1.17 bits per heavy atom. The second kappa shape index (κ2) is 7.49. The molecule has 0 aromatic heterocycles. The molecule has 2 rings (SSSR count). The molecule has 2 atom stereocenters. The van der Waals surface area contributed by atoms with Crippen molar-refractivity contribution in [3.05, 3.63) is 0 Å². The lowest BCUT2D eigenvalue weighted by Crippen LogP contribution is -2.36. The monoisotopic (exact) mass is 252 g/mol. The molecule has 1 aliphatic heterocycles. The Morgan fingerprint density at radius 2 is 1.94 bits per heavy atom. The summed E-state index contributed by atoms with van der Waals surface area (Å²) in [5, 5.41) is 3.52. The maximum atomic E-state index is 3.52. The van der Waals surface area contributed by atoms with Crippen molar-refractivity contribution in [2.24, 2.45) is 5.92 Å². The van der Waals surface area contributed by atoms with Crippen LogP contribution >= 0.6 is 0 Å². The van der Waals surface area contributed by atoms with Gasteiger partial charge in [-0.15, -0.1) is 0 Å². The number of hydrogen-bond acceptors (Lipinski definition) is 2. The van der Waals surface area contributed by atoms with Gasteiger partial charge in [0.2, 0.25) is 0 Å². The van der Waals surface area contributed by atoms with E-state index in [4.69, 9.17) is 0 Å². The molecule has 1 N–H and O–H groups in total. The van der Waals surface area contributed by atoms with Crippen LogP contribution in [0, 0.1) is 5.92 Å². The summed E-state index contributed by atoms with van der Waals surface area (Å²) in [5.41, 5.74) is 0. The summed E-state index contributed by atoms with van der Waals surface area (Å²) in [5.74, 6) is 1.04. The van der Waals surface area contributed by atoms with Gasteiger partial charge < -0.3 is 10.2 Å². The van der Waals surface area contributed by atoms with Gasteiger partial charge in [-0.1, -0.05) is 19.8 Å². The molecule has 0 bridgehead atoms. The largest absolute Gasteiger partial charge is 0.315 e. The number of nitrogens with zero attached hydrogens (tertiary/aromatic N) is 1. The second-order valence-electron chi connectivity index (χ2n) is 6.39. The van der Waals surface area contributed by atoms with Crippen LogP contribution in [0.15, 0.2) is 0 Å². The molecule has 0 amide bonds. The minimum atomic E-state index is 0.697. The van der Waals surface area contributed by atoms with E-state index in [1.165, 1.54) is 64.5 Å². The average Bonchev–Trinajstić information content (AvgIpc) is 2.98. The Bertz CT molecular complexity index is 223. The number of hydrogen-bond donors (Lipinski definition) is 1. The van der Waals surface area contributed by atoms with Gasteiger partial charge >= 0.3 is 0 Å². The quantitative estimate of drug-likeness (QED) is 0.747. The summed E-state index contributed by atoms with van der Waals surface area (Å²) in [7, 11) is 0. The van der Waals surface area contributed by atoms with Gasteiger partial charge in [0.05, 0.1) is 0 Å². The Morgan fingerprint density at radius 3 is 2.67 bits per heavy atom. The van der Waals surface area contributed by atoms with E-state index in [9.17, 15) is 0 Å². The van der Waals surface area contributed by atoms with Crippen molar-refractivity contribution >= 4 is 0 Å². The van der Waals surface area contributed by atoms with E-state index >= 15 is 0 Å². The maximum absolute atomic E-state index is 3.52. The van der Waals surface area contributed by atoms with Gasteiger partial charge in [0, 0.05) is 12.1 Å². The predicted molar refractivity (Wildman–Crippen MR) is 78.9 cm³/mol. The molecule has 0 spiro atoms. The highest BCUT2D eigenvalue weighted by Gasteiger charge is 2.32. The first-order valence-electron chi connectivity index (χ1n) is 8.28. The Kier molecular flexibility index (Phi) is 5.97. The van der Waals surface area contributed by atoms with E-state index in [-0.39, 0.29) is 0 Å². The third-order valence-corrected chi connectivity index (χ3v) is 4.99. The summed E-state index contributed by atoms with van der Waals surface area (Å²) in [6.07, 6.45) is 11.6. The third-order valence-electron chi connectivity index (χ3n) is 4.99. The summed E-state index contributed by atoms with van der Waals surface area (Å²) < 4.78 is 0. The summed E-state index contributed by atoms with van der Waals surface area (Å²) in [6, 6.07) is 1.64. The van der Waals surface area contributed by atoms with Crippen LogP contribution in [0.25, 0.3) is 0 Å². The van der Waals surface area contributed by atoms with E-state index in [1.807, 2.05) is 0 Å². The highest BCUT2D eigenvalue weighted by molar-refractivity contribution is 4.87. The van der Waals surface area contributed by atoms with Crippen molar-refractivity contribution in [1.29, 1.82) is 0 Å².